The fourth-order valence-corrected chi connectivity index (χ4v) is 9.23. The van der Waals surface area contributed by atoms with Gasteiger partial charge in [0.15, 0.2) is 0 Å². The second-order valence-corrected chi connectivity index (χ2v) is 21.1. The van der Waals surface area contributed by atoms with E-state index < -0.39 is 83.6 Å². The molecule has 0 N–H and O–H groups in total. The van der Waals surface area contributed by atoms with Crippen LogP contribution in [0.2, 0.25) is 0 Å². The number of ether oxygens (including phenoxy) is 1. The molecule has 0 spiro atoms. The van der Waals surface area contributed by atoms with Crippen molar-refractivity contribution in [2.75, 3.05) is 16.5 Å². The van der Waals surface area contributed by atoms with Crippen molar-refractivity contribution in [1.82, 2.24) is 9.55 Å². The molecule has 3 heterocycles. The topological polar surface area (TPSA) is 33.5 Å². The molecule has 352 valence electrons. The molecule has 2 aromatic heterocycles. The predicted octanol–water partition coefficient (Wildman–Crippen LogP) is 18.1. The van der Waals surface area contributed by atoms with Crippen molar-refractivity contribution in [3.63, 3.8) is 0 Å². The summed E-state index contributed by atoms with van der Waals surface area (Å²) in [7, 11) is 0. The minimum absolute atomic E-state index is 0.0122. The maximum Gasteiger partial charge on any atom is 0.137 e. The lowest BCUT2D eigenvalue weighted by molar-refractivity contribution is 0.483. The van der Waals surface area contributed by atoms with Crippen molar-refractivity contribution in [3.05, 3.63) is 217 Å². The van der Waals surface area contributed by atoms with Gasteiger partial charge in [-0.3, -0.25) is 4.57 Å². The molecule has 0 bridgehead atoms. The lowest BCUT2D eigenvalue weighted by Crippen LogP contribution is -2.25. The van der Waals surface area contributed by atoms with Gasteiger partial charge in [0.05, 0.1) is 48.7 Å². The number of nitrogens with zero attached hydrogens (tertiary/aromatic N) is 4. The standard InChI is InChI=1S/C66H62N4O/c1-64(2,3)48-34-35-67-62(40-48)70-58-33-30-46(44-20-12-10-13-21-44)38-57(58)56-32-31-53(42-61(56)70)71-52-25-18-24-51(41-52)68-43-69(60-29-17-16-28-59(60)68)63-54(45-22-14-11-15-23-45)26-19-27-55(63)47-36-49(65(4,5)6)39-50(37-47)66(7,8)9/h10-42H,43H2,1-9H3/i10D,11D,12D,13D,14D,15D,20D,21D,22D,23D,30D,31D,32D,33D,38D. The van der Waals surface area contributed by atoms with Crippen molar-refractivity contribution in [3.8, 4) is 50.7 Å². The van der Waals surface area contributed by atoms with Crippen molar-refractivity contribution in [2.45, 2.75) is 78.6 Å². The summed E-state index contributed by atoms with van der Waals surface area (Å²) < 4.78 is 144. The summed E-state index contributed by atoms with van der Waals surface area (Å²) in [4.78, 5) is 8.89. The van der Waals surface area contributed by atoms with Crippen molar-refractivity contribution in [2.24, 2.45) is 0 Å². The first-order valence-electron chi connectivity index (χ1n) is 31.2. The number of anilines is 4. The predicted molar refractivity (Wildman–Crippen MR) is 300 cm³/mol. The van der Waals surface area contributed by atoms with Gasteiger partial charge in [-0.25, -0.2) is 4.98 Å². The largest absolute Gasteiger partial charge is 0.457 e. The number of pyridine rings is 1. The lowest BCUT2D eigenvalue weighted by atomic mass is 9.78. The van der Waals surface area contributed by atoms with Gasteiger partial charge in [-0.15, -0.1) is 0 Å². The molecule has 8 aromatic carbocycles. The summed E-state index contributed by atoms with van der Waals surface area (Å²) in [5.74, 6) is 0.475. The van der Waals surface area contributed by atoms with E-state index in [-0.39, 0.29) is 85.7 Å². The van der Waals surface area contributed by atoms with E-state index in [9.17, 15) is 9.60 Å². The summed E-state index contributed by atoms with van der Waals surface area (Å²) in [6, 6.07) is 24.8. The zero-order chi connectivity index (χ0) is 62.3. The second-order valence-electron chi connectivity index (χ2n) is 21.1. The van der Waals surface area contributed by atoms with E-state index in [1.165, 1.54) is 6.07 Å². The number of aromatic nitrogens is 2. The Bertz CT molecular complexity index is 4430. The van der Waals surface area contributed by atoms with Gasteiger partial charge in [0.2, 0.25) is 0 Å². The Morgan fingerprint density at radius 3 is 1.79 bits per heavy atom. The van der Waals surface area contributed by atoms with Gasteiger partial charge in [0, 0.05) is 45.9 Å². The van der Waals surface area contributed by atoms with Crippen LogP contribution in [0, 0.1) is 0 Å². The third-order valence-corrected chi connectivity index (χ3v) is 13.1. The van der Waals surface area contributed by atoms with Crippen LogP contribution in [0.3, 0.4) is 0 Å². The Morgan fingerprint density at radius 2 is 1.11 bits per heavy atom. The third kappa shape index (κ3) is 8.65. The minimum atomic E-state index is -0.678. The van der Waals surface area contributed by atoms with Crippen LogP contribution in [0.25, 0.3) is 61.0 Å². The number of hydrogen-bond acceptors (Lipinski definition) is 4. The molecule has 5 heteroatoms. The second kappa shape index (κ2) is 17.5. The summed E-state index contributed by atoms with van der Waals surface area (Å²) in [5.41, 5.74) is 6.53. The van der Waals surface area contributed by atoms with Gasteiger partial charge >= 0.3 is 0 Å². The quantitative estimate of drug-likeness (QED) is 0.152. The molecule has 0 fully saturated rings. The van der Waals surface area contributed by atoms with Crippen LogP contribution in [0.4, 0.5) is 22.7 Å². The molecule has 0 saturated heterocycles. The van der Waals surface area contributed by atoms with Crippen LogP contribution in [0.5, 0.6) is 11.5 Å². The molecule has 0 atom stereocenters. The smallest absolute Gasteiger partial charge is 0.137 e. The van der Waals surface area contributed by atoms with Crippen LogP contribution >= 0.6 is 0 Å². The number of para-hydroxylation sites is 3. The molecule has 1 aliphatic heterocycles. The Kier molecular flexibility index (Phi) is 7.73. The SMILES string of the molecule is [2H]c1c([2H])c([2H])c(-c2cccc(-c3cc(C(C)(C)C)cc(C(C)(C)C)c3)c2N2CN(c3cccc(Oc4cc5c(c([2H])c4[2H])c4c([2H])c(-c6c([2H])c([2H])c([2H])c([2H])c6[2H])c([2H])c([2H])c4n5-c4cc(C(C)(C)C)ccn4)c3)c3ccccc32)c([2H])c1[2H]. The van der Waals surface area contributed by atoms with Crippen LogP contribution in [0.15, 0.2) is 200 Å². The fraction of sp³-hybridized carbons (Fsp3) is 0.197. The Balaban J connectivity index is 1.09. The molecule has 0 radical (unpaired) electrons. The fourth-order valence-electron chi connectivity index (χ4n) is 9.23. The maximum absolute atomic E-state index is 9.75. The normalized spacial score (nSPS) is 16.0. The molecular formula is C66H62N4O. The van der Waals surface area contributed by atoms with Gasteiger partial charge in [0.25, 0.3) is 0 Å². The minimum Gasteiger partial charge on any atom is -0.457 e. The molecule has 0 saturated carbocycles. The molecule has 1 aliphatic rings. The Morgan fingerprint density at radius 1 is 0.479 bits per heavy atom. The zero-order valence-corrected chi connectivity index (χ0v) is 41.3. The Hall–Kier alpha value is -7.89. The maximum atomic E-state index is 9.75. The van der Waals surface area contributed by atoms with E-state index in [0.29, 0.717) is 16.9 Å². The van der Waals surface area contributed by atoms with Crippen molar-refractivity contribution < 1.29 is 25.3 Å². The number of hydrogen-bond donors (Lipinski definition) is 0. The molecule has 5 nitrogen and oxygen atoms in total. The first-order chi connectivity index (χ1) is 40.3. The average Bonchev–Trinajstić information content (AvgIpc) is 1.52. The highest BCUT2D eigenvalue weighted by molar-refractivity contribution is 6.11. The Labute approximate surface area is 440 Å². The molecular weight excluding hydrogens is 865 g/mol. The summed E-state index contributed by atoms with van der Waals surface area (Å²) in [6.07, 6.45) is 1.60. The summed E-state index contributed by atoms with van der Waals surface area (Å²) >= 11 is 0. The molecule has 0 unspecified atom stereocenters. The van der Waals surface area contributed by atoms with Crippen LogP contribution in [-0.2, 0) is 16.2 Å². The molecule has 11 rings (SSSR count). The van der Waals surface area contributed by atoms with Gasteiger partial charge in [-0.1, -0.05) is 183 Å². The number of benzene rings is 8. The number of rotatable bonds is 8. The zero-order valence-electron chi connectivity index (χ0n) is 56.3. The highest BCUT2D eigenvalue weighted by Gasteiger charge is 2.32. The van der Waals surface area contributed by atoms with E-state index in [0.717, 1.165) is 39.2 Å². The molecule has 0 aliphatic carbocycles. The van der Waals surface area contributed by atoms with Crippen LogP contribution in [-0.4, -0.2) is 16.2 Å². The van der Waals surface area contributed by atoms with Crippen molar-refractivity contribution in [1.29, 1.82) is 0 Å². The van der Waals surface area contributed by atoms with Gasteiger partial charge in [0.1, 0.15) is 24.0 Å². The van der Waals surface area contributed by atoms with Gasteiger partial charge in [-0.05, 0) is 116 Å². The van der Waals surface area contributed by atoms with E-state index in [2.05, 4.69) is 69.5 Å². The average molecular weight is 942 g/mol. The van der Waals surface area contributed by atoms with E-state index in [4.69, 9.17) is 20.7 Å². The highest BCUT2D eigenvalue weighted by Crippen LogP contribution is 2.51. The summed E-state index contributed by atoms with van der Waals surface area (Å²) in [6.45, 7) is 19.2. The van der Waals surface area contributed by atoms with Gasteiger partial charge in [-0.2, -0.15) is 0 Å². The molecule has 0 amide bonds. The first kappa shape index (κ1) is 31.4. The van der Waals surface area contributed by atoms with Crippen LogP contribution < -0.4 is 14.5 Å². The van der Waals surface area contributed by atoms with E-state index in [1.54, 1.807) is 35.0 Å². The molecule has 10 aromatic rings. The number of fused-ring (bicyclic) bond motifs is 4. The van der Waals surface area contributed by atoms with E-state index in [1.807, 2.05) is 75.4 Å². The van der Waals surface area contributed by atoms with E-state index >= 15 is 0 Å². The summed E-state index contributed by atoms with van der Waals surface area (Å²) in [5, 5.41) is -0.0269. The van der Waals surface area contributed by atoms with Crippen LogP contribution in [0.1, 0.15) is 99.6 Å². The highest BCUT2D eigenvalue weighted by atomic mass is 16.5. The molecule has 71 heavy (non-hydrogen) atoms. The van der Waals surface area contributed by atoms with Crippen molar-refractivity contribution >= 4 is 44.6 Å². The first-order valence-corrected chi connectivity index (χ1v) is 23.7. The third-order valence-electron chi connectivity index (χ3n) is 13.1. The van der Waals surface area contributed by atoms with Gasteiger partial charge < -0.3 is 14.5 Å². The monoisotopic (exact) mass is 942 g/mol. The lowest BCUT2D eigenvalue weighted by Gasteiger charge is -2.29.